The molecule has 0 amide bonds. The Morgan fingerprint density at radius 2 is 1.96 bits per heavy atom. The van der Waals surface area contributed by atoms with Gasteiger partial charge in [-0.05, 0) is 67.3 Å². The highest BCUT2D eigenvalue weighted by atomic mass is 32.2. The van der Waals surface area contributed by atoms with E-state index < -0.39 is 0 Å². The number of aromatic nitrogens is 2. The smallest absolute Gasteiger partial charge is 0.142 e. The summed E-state index contributed by atoms with van der Waals surface area (Å²) in [5.74, 6) is 0.884. The summed E-state index contributed by atoms with van der Waals surface area (Å²) in [5, 5.41) is 15.4. The number of aryl methyl sites for hydroxylation is 2. The van der Waals surface area contributed by atoms with Gasteiger partial charge in [-0.25, -0.2) is 9.97 Å². The number of hydrogen-bond acceptors (Lipinski definition) is 6. The maximum Gasteiger partial charge on any atom is 0.142 e. The SMILES string of the molecule is N#CSc1ccc(Nc2ncnc3sc4c(c23)CCCC4)cc1. The van der Waals surface area contributed by atoms with Crippen molar-refractivity contribution in [2.24, 2.45) is 0 Å². The van der Waals surface area contributed by atoms with E-state index in [-0.39, 0.29) is 0 Å². The molecule has 0 radical (unpaired) electrons. The van der Waals surface area contributed by atoms with E-state index in [2.05, 4.69) is 20.7 Å². The standard InChI is InChI=1S/C17H14N4S2/c18-9-22-12-7-5-11(6-8-12)21-16-15-13-3-1-2-4-14(13)23-17(15)20-10-19-16/h5-8,10H,1-4H2,(H,19,20,21). The summed E-state index contributed by atoms with van der Waals surface area (Å²) < 4.78 is 0. The second-order valence-corrected chi connectivity index (χ2v) is 7.40. The second-order valence-electron chi connectivity index (χ2n) is 5.46. The quantitative estimate of drug-likeness (QED) is 0.544. The first-order valence-electron chi connectivity index (χ1n) is 7.53. The maximum atomic E-state index is 8.71. The number of fused-ring (bicyclic) bond motifs is 3. The van der Waals surface area contributed by atoms with Crippen LogP contribution in [0.5, 0.6) is 0 Å². The van der Waals surface area contributed by atoms with Crippen LogP contribution in [0.4, 0.5) is 11.5 Å². The lowest BCUT2D eigenvalue weighted by Crippen LogP contribution is -2.00. The fraction of sp³-hybridized carbons (Fsp3) is 0.235. The molecule has 0 atom stereocenters. The molecule has 6 heteroatoms. The van der Waals surface area contributed by atoms with Crippen LogP contribution in [0, 0.1) is 10.7 Å². The number of rotatable bonds is 3. The number of hydrogen-bond donors (Lipinski definition) is 1. The Bertz CT molecular complexity index is 893. The van der Waals surface area contributed by atoms with Crippen LogP contribution in [-0.4, -0.2) is 9.97 Å². The first-order valence-corrected chi connectivity index (χ1v) is 9.17. The molecule has 23 heavy (non-hydrogen) atoms. The topological polar surface area (TPSA) is 61.6 Å². The average molecular weight is 338 g/mol. The molecule has 1 N–H and O–H groups in total. The van der Waals surface area contributed by atoms with Crippen LogP contribution in [0.15, 0.2) is 35.5 Å². The van der Waals surface area contributed by atoms with E-state index in [4.69, 9.17) is 5.26 Å². The van der Waals surface area contributed by atoms with Gasteiger partial charge in [-0.1, -0.05) is 0 Å². The van der Waals surface area contributed by atoms with Gasteiger partial charge in [0.25, 0.3) is 0 Å². The summed E-state index contributed by atoms with van der Waals surface area (Å²) in [6.45, 7) is 0. The molecule has 0 spiro atoms. The van der Waals surface area contributed by atoms with Gasteiger partial charge in [-0.15, -0.1) is 11.3 Å². The lowest BCUT2D eigenvalue weighted by Gasteiger charge is -2.12. The highest BCUT2D eigenvalue weighted by molar-refractivity contribution is 8.03. The number of thiocyanates is 1. The van der Waals surface area contributed by atoms with Gasteiger partial charge >= 0.3 is 0 Å². The lowest BCUT2D eigenvalue weighted by atomic mass is 9.97. The van der Waals surface area contributed by atoms with Gasteiger partial charge in [0.15, 0.2) is 0 Å². The molecule has 4 rings (SSSR count). The van der Waals surface area contributed by atoms with Gasteiger partial charge in [0, 0.05) is 15.5 Å². The number of nitriles is 1. The summed E-state index contributed by atoms with van der Waals surface area (Å²) in [6, 6.07) is 7.84. The van der Waals surface area contributed by atoms with E-state index >= 15 is 0 Å². The van der Waals surface area contributed by atoms with Crippen molar-refractivity contribution in [2.75, 3.05) is 5.32 Å². The zero-order chi connectivity index (χ0) is 15.6. The third kappa shape index (κ3) is 2.78. The average Bonchev–Trinajstić information content (AvgIpc) is 2.96. The van der Waals surface area contributed by atoms with Gasteiger partial charge in [0.2, 0.25) is 0 Å². The molecule has 2 aromatic heterocycles. The minimum Gasteiger partial charge on any atom is -0.340 e. The lowest BCUT2D eigenvalue weighted by molar-refractivity contribution is 0.700. The third-order valence-corrected chi connectivity index (χ3v) is 5.83. The molecule has 0 fully saturated rings. The van der Waals surface area contributed by atoms with Gasteiger partial charge in [-0.2, -0.15) is 5.26 Å². The van der Waals surface area contributed by atoms with Crippen molar-refractivity contribution in [1.29, 1.82) is 5.26 Å². The molecule has 4 nitrogen and oxygen atoms in total. The summed E-state index contributed by atoms with van der Waals surface area (Å²) in [6.07, 6.45) is 6.43. The Morgan fingerprint density at radius 3 is 2.78 bits per heavy atom. The molecule has 1 aromatic carbocycles. The molecule has 1 aliphatic carbocycles. The van der Waals surface area contributed by atoms with E-state index in [1.165, 1.54) is 40.4 Å². The first kappa shape index (κ1) is 14.5. The van der Waals surface area contributed by atoms with Crippen molar-refractivity contribution in [1.82, 2.24) is 9.97 Å². The highest BCUT2D eigenvalue weighted by Gasteiger charge is 2.19. The molecule has 0 saturated heterocycles. The van der Waals surface area contributed by atoms with E-state index in [0.29, 0.717) is 0 Å². The van der Waals surface area contributed by atoms with Crippen LogP contribution >= 0.6 is 23.1 Å². The minimum atomic E-state index is 0.884. The molecule has 0 aliphatic heterocycles. The van der Waals surface area contributed by atoms with Crippen molar-refractivity contribution < 1.29 is 0 Å². The van der Waals surface area contributed by atoms with Crippen molar-refractivity contribution in [3.8, 4) is 5.40 Å². The molecule has 0 unspecified atom stereocenters. The number of nitrogens with zero attached hydrogens (tertiary/aromatic N) is 3. The summed E-state index contributed by atoms with van der Waals surface area (Å²) in [4.78, 5) is 12.4. The molecular formula is C17H14N4S2. The predicted octanol–water partition coefficient (Wildman–Crippen LogP) is 4.89. The largest absolute Gasteiger partial charge is 0.340 e. The van der Waals surface area contributed by atoms with E-state index in [0.717, 1.165) is 34.1 Å². The van der Waals surface area contributed by atoms with E-state index in [1.54, 1.807) is 17.7 Å². The molecule has 0 bridgehead atoms. The van der Waals surface area contributed by atoms with Crippen molar-refractivity contribution >= 4 is 44.8 Å². The third-order valence-electron chi connectivity index (χ3n) is 4.03. The molecular weight excluding hydrogens is 324 g/mol. The monoisotopic (exact) mass is 338 g/mol. The normalized spacial score (nSPS) is 13.5. The van der Waals surface area contributed by atoms with Crippen LogP contribution in [-0.2, 0) is 12.8 Å². The van der Waals surface area contributed by atoms with Gasteiger partial charge in [0.1, 0.15) is 22.4 Å². The van der Waals surface area contributed by atoms with Crippen molar-refractivity contribution in [3.05, 3.63) is 41.0 Å². The summed E-state index contributed by atoms with van der Waals surface area (Å²) in [5.41, 5.74) is 2.40. The van der Waals surface area contributed by atoms with Gasteiger partial charge in [0.05, 0.1) is 5.39 Å². The van der Waals surface area contributed by atoms with E-state index in [9.17, 15) is 0 Å². The van der Waals surface area contributed by atoms with Crippen LogP contribution in [0.25, 0.3) is 10.2 Å². The number of thiophene rings is 1. The molecule has 1 aliphatic rings. The number of benzene rings is 1. The van der Waals surface area contributed by atoms with Crippen LogP contribution in [0.3, 0.4) is 0 Å². The highest BCUT2D eigenvalue weighted by Crippen LogP contribution is 2.38. The van der Waals surface area contributed by atoms with Crippen molar-refractivity contribution in [3.63, 3.8) is 0 Å². The predicted molar refractivity (Wildman–Crippen MR) is 95.3 cm³/mol. The second kappa shape index (κ2) is 6.19. The van der Waals surface area contributed by atoms with Crippen molar-refractivity contribution in [2.45, 2.75) is 30.6 Å². The zero-order valence-corrected chi connectivity index (χ0v) is 14.0. The molecule has 114 valence electrons. The zero-order valence-electron chi connectivity index (χ0n) is 12.4. The Kier molecular flexibility index (Phi) is 3.90. The number of nitrogens with one attached hydrogen (secondary N) is 1. The Morgan fingerprint density at radius 1 is 1.13 bits per heavy atom. The van der Waals surface area contributed by atoms with Crippen LogP contribution in [0.2, 0.25) is 0 Å². The van der Waals surface area contributed by atoms with Crippen LogP contribution < -0.4 is 5.32 Å². The molecule has 0 saturated carbocycles. The van der Waals surface area contributed by atoms with Crippen LogP contribution in [0.1, 0.15) is 23.3 Å². The Hall–Kier alpha value is -2.10. The summed E-state index contributed by atoms with van der Waals surface area (Å²) in [7, 11) is 0. The maximum absolute atomic E-state index is 8.71. The Labute approximate surface area is 142 Å². The Balaban J connectivity index is 1.71. The molecule has 2 heterocycles. The number of thioether (sulfide) groups is 1. The fourth-order valence-electron chi connectivity index (χ4n) is 2.98. The summed E-state index contributed by atoms with van der Waals surface area (Å²) >= 11 is 2.97. The first-order chi connectivity index (χ1) is 11.3. The number of anilines is 2. The van der Waals surface area contributed by atoms with E-state index in [1.807, 2.05) is 24.3 Å². The van der Waals surface area contributed by atoms with Gasteiger partial charge < -0.3 is 5.32 Å². The minimum absolute atomic E-state index is 0.884. The molecule has 3 aromatic rings. The fourth-order valence-corrected chi connectivity index (χ4v) is 4.59. The van der Waals surface area contributed by atoms with Gasteiger partial charge in [-0.3, -0.25) is 0 Å².